The minimum atomic E-state index is -3.13. The predicted octanol–water partition coefficient (Wildman–Crippen LogP) is 1.53. The lowest BCUT2D eigenvalue weighted by Gasteiger charge is -2.63. The van der Waals surface area contributed by atoms with Crippen LogP contribution in [0.4, 0.5) is 0 Å². The molecule has 1 aliphatic rings. The first-order valence-electron chi connectivity index (χ1n) is 12.8. The first kappa shape index (κ1) is 28.8. The summed E-state index contributed by atoms with van der Waals surface area (Å²) in [5, 5.41) is 59.8. The predicted molar refractivity (Wildman–Crippen MR) is 142 cm³/mol. The molecule has 8 heteroatoms. The summed E-state index contributed by atoms with van der Waals surface area (Å²) in [6.07, 6.45) is -5.17. The Hall–Kier alpha value is -3.24. The number of hydrogen-bond donors (Lipinski definition) is 5. The number of rotatable bonds is 9. The first-order chi connectivity index (χ1) is 18.4. The molecule has 8 nitrogen and oxygen atoms in total. The molecule has 206 valence electrons. The van der Waals surface area contributed by atoms with Gasteiger partial charge in [-0.05, 0) is 23.6 Å². The highest BCUT2D eigenvalue weighted by molar-refractivity contribution is 5.91. The number of Topliss-reactive ketones (excluding diaryl/α,β-unsaturated/α-hetero) is 2. The molecule has 0 amide bonds. The molecule has 6 atom stereocenters. The Bertz CT molecular complexity index is 1300. The Kier molecular flexibility index (Phi) is 7.91. The normalized spacial score (nSPS) is 31.4. The number of aliphatic hydroxyl groups excluding tert-OH is 1. The lowest BCUT2D eigenvalue weighted by Crippen LogP contribution is -2.87. The maximum Gasteiger partial charge on any atom is 0.260 e. The molecule has 39 heavy (non-hydrogen) atoms. The highest BCUT2D eigenvalue weighted by atomic mass is 16.7. The lowest BCUT2D eigenvalue weighted by molar-refractivity contribution is -0.414. The minimum Gasteiger partial charge on any atom is -0.386 e. The molecule has 5 N–H and O–H groups in total. The van der Waals surface area contributed by atoms with Gasteiger partial charge in [-0.25, -0.2) is 0 Å². The van der Waals surface area contributed by atoms with E-state index in [-0.39, 0.29) is 0 Å². The van der Waals surface area contributed by atoms with Crippen molar-refractivity contribution in [3.63, 3.8) is 0 Å². The molecule has 0 spiro atoms. The smallest absolute Gasteiger partial charge is 0.260 e. The van der Waals surface area contributed by atoms with Gasteiger partial charge in [0, 0.05) is 26.2 Å². The number of carbonyl (C=O) groups is 2. The zero-order valence-corrected chi connectivity index (χ0v) is 21.9. The van der Waals surface area contributed by atoms with E-state index >= 15 is 0 Å². The molecule has 1 aliphatic heterocycles. The van der Waals surface area contributed by atoms with Crippen LogP contribution in [0, 0.1) is 0 Å². The van der Waals surface area contributed by atoms with E-state index in [2.05, 4.69) is 0 Å². The lowest BCUT2D eigenvalue weighted by atomic mass is 9.56. The van der Waals surface area contributed by atoms with Crippen LogP contribution in [0.25, 0.3) is 0 Å². The van der Waals surface area contributed by atoms with E-state index in [0.717, 1.165) is 13.8 Å². The van der Waals surface area contributed by atoms with Gasteiger partial charge in [0.1, 0.15) is 17.3 Å². The van der Waals surface area contributed by atoms with Crippen molar-refractivity contribution in [2.24, 2.45) is 0 Å². The molecule has 4 rings (SSSR count). The van der Waals surface area contributed by atoms with Gasteiger partial charge in [-0.1, -0.05) is 91.0 Å². The van der Waals surface area contributed by atoms with Gasteiger partial charge in [0.25, 0.3) is 5.79 Å². The standard InChI is InChI=1S/C31H34O8/c1-21(32)26(34)27-28(35,18-23-12-6-3-7-13-23)29(36,19-24-14-8-4-9-15-24)30(37,31(38,39-27)22(2)33)20-25-16-10-5-11-17-25/h3-17,21,27,32,35-38H,18-20H2,1-2H3/t21?,27-,28-,29+,30+,31?/m1/s1. The molecular weight excluding hydrogens is 500 g/mol. The first-order valence-corrected chi connectivity index (χ1v) is 12.8. The molecule has 1 saturated heterocycles. The Morgan fingerprint density at radius 2 is 1.10 bits per heavy atom. The van der Waals surface area contributed by atoms with Crippen LogP contribution in [0.1, 0.15) is 30.5 Å². The van der Waals surface area contributed by atoms with Crippen LogP contribution in [0.15, 0.2) is 91.0 Å². The second kappa shape index (κ2) is 10.7. The monoisotopic (exact) mass is 534 g/mol. The van der Waals surface area contributed by atoms with Crippen LogP contribution < -0.4 is 0 Å². The van der Waals surface area contributed by atoms with Crippen LogP contribution >= 0.6 is 0 Å². The van der Waals surface area contributed by atoms with Crippen LogP contribution in [0.3, 0.4) is 0 Å². The fraction of sp³-hybridized carbons (Fsp3) is 0.355. The van der Waals surface area contributed by atoms with E-state index in [1.807, 2.05) is 0 Å². The maximum absolute atomic E-state index is 13.4. The molecule has 1 heterocycles. The average molecular weight is 535 g/mol. The van der Waals surface area contributed by atoms with Gasteiger partial charge in [-0.3, -0.25) is 9.59 Å². The minimum absolute atomic E-state index is 0.411. The number of ketones is 2. The van der Waals surface area contributed by atoms with Crippen molar-refractivity contribution < 1.29 is 39.9 Å². The van der Waals surface area contributed by atoms with Crippen LogP contribution in [-0.2, 0) is 33.6 Å². The third-order valence-corrected chi connectivity index (χ3v) is 7.75. The van der Waals surface area contributed by atoms with E-state index in [0.29, 0.717) is 16.7 Å². The SMILES string of the molecule is CC(=O)C1(O)O[C@H](C(=O)C(C)O)[C@](O)(Cc2ccccc2)[C@@](O)(Cc2ccccc2)[C@@]1(O)Cc1ccccc1. The molecule has 3 aromatic rings. The van der Waals surface area contributed by atoms with Crippen molar-refractivity contribution in [3.05, 3.63) is 108 Å². The highest BCUT2D eigenvalue weighted by Crippen LogP contribution is 2.53. The summed E-state index contributed by atoms with van der Waals surface area (Å²) in [5.41, 5.74) is -6.88. The van der Waals surface area contributed by atoms with Crippen LogP contribution in [0.2, 0.25) is 0 Å². The Balaban J connectivity index is 2.04. The summed E-state index contributed by atoms with van der Waals surface area (Å²) in [6.45, 7) is 2.12. The van der Waals surface area contributed by atoms with Crippen molar-refractivity contribution in [3.8, 4) is 0 Å². The number of carbonyl (C=O) groups excluding carboxylic acids is 2. The zero-order valence-electron chi connectivity index (χ0n) is 21.9. The summed E-state index contributed by atoms with van der Waals surface area (Å²) in [4.78, 5) is 26.4. The van der Waals surface area contributed by atoms with Gasteiger partial charge in [0.15, 0.2) is 23.3 Å². The zero-order chi connectivity index (χ0) is 28.5. The van der Waals surface area contributed by atoms with Gasteiger partial charge >= 0.3 is 0 Å². The summed E-state index contributed by atoms with van der Waals surface area (Å²) in [5.74, 6) is -5.29. The second-order valence-electron chi connectivity index (χ2n) is 10.4. The Labute approximate surface area is 227 Å². The summed E-state index contributed by atoms with van der Waals surface area (Å²) in [6, 6.07) is 25.3. The molecule has 2 unspecified atom stereocenters. The van der Waals surface area contributed by atoms with E-state index in [9.17, 15) is 35.1 Å². The van der Waals surface area contributed by atoms with Crippen LogP contribution in [-0.4, -0.2) is 71.9 Å². The van der Waals surface area contributed by atoms with E-state index in [4.69, 9.17) is 4.74 Å². The van der Waals surface area contributed by atoms with E-state index in [1.165, 1.54) is 0 Å². The molecule has 0 radical (unpaired) electrons. The third-order valence-electron chi connectivity index (χ3n) is 7.75. The summed E-state index contributed by atoms with van der Waals surface area (Å²) >= 11 is 0. The molecule has 1 fully saturated rings. The molecule has 0 aliphatic carbocycles. The number of hydrogen-bond acceptors (Lipinski definition) is 8. The van der Waals surface area contributed by atoms with Crippen LogP contribution in [0.5, 0.6) is 0 Å². The Morgan fingerprint density at radius 1 is 0.718 bits per heavy atom. The van der Waals surface area contributed by atoms with Gasteiger partial charge in [0.2, 0.25) is 0 Å². The number of aliphatic hydroxyl groups is 5. The van der Waals surface area contributed by atoms with Gasteiger partial charge < -0.3 is 30.3 Å². The quantitative estimate of drug-likeness (QED) is 0.278. The summed E-state index contributed by atoms with van der Waals surface area (Å²) < 4.78 is 5.70. The molecular formula is C31H34O8. The largest absolute Gasteiger partial charge is 0.386 e. The van der Waals surface area contributed by atoms with Crippen molar-refractivity contribution in [1.29, 1.82) is 0 Å². The van der Waals surface area contributed by atoms with Gasteiger partial charge in [0.05, 0.1) is 0 Å². The molecule has 0 aromatic heterocycles. The molecule has 0 bridgehead atoms. The van der Waals surface area contributed by atoms with Crippen molar-refractivity contribution in [2.45, 2.75) is 67.9 Å². The van der Waals surface area contributed by atoms with Gasteiger partial charge in [-0.2, -0.15) is 0 Å². The van der Waals surface area contributed by atoms with Crippen molar-refractivity contribution in [1.82, 2.24) is 0 Å². The maximum atomic E-state index is 13.4. The van der Waals surface area contributed by atoms with E-state index < -0.39 is 65.6 Å². The molecule has 3 aromatic carbocycles. The fourth-order valence-corrected chi connectivity index (χ4v) is 5.60. The van der Waals surface area contributed by atoms with Crippen molar-refractivity contribution in [2.75, 3.05) is 0 Å². The van der Waals surface area contributed by atoms with Gasteiger partial charge in [-0.15, -0.1) is 0 Å². The topological polar surface area (TPSA) is 145 Å². The fourth-order valence-electron chi connectivity index (χ4n) is 5.60. The van der Waals surface area contributed by atoms with E-state index in [1.54, 1.807) is 91.0 Å². The Morgan fingerprint density at radius 3 is 1.49 bits per heavy atom. The molecule has 0 saturated carbocycles. The number of ether oxygens (including phenoxy) is 1. The highest BCUT2D eigenvalue weighted by Gasteiger charge is 2.78. The number of benzene rings is 3. The third kappa shape index (κ3) is 4.84. The average Bonchev–Trinajstić information content (AvgIpc) is 2.91. The summed E-state index contributed by atoms with van der Waals surface area (Å²) in [7, 11) is 0. The van der Waals surface area contributed by atoms with Crippen molar-refractivity contribution >= 4 is 11.6 Å². The second-order valence-corrected chi connectivity index (χ2v) is 10.4.